The number of hydrogen-bond donors (Lipinski definition) is 3. The van der Waals surface area contributed by atoms with Gasteiger partial charge in [0.05, 0.1) is 11.7 Å². The Morgan fingerprint density at radius 3 is 2.48 bits per heavy atom. The molecule has 0 bridgehead atoms. The quantitative estimate of drug-likeness (QED) is 0.388. The molecule has 2 aromatic rings. The maximum Gasteiger partial charge on any atom is 0.120 e. The van der Waals surface area contributed by atoms with E-state index in [9.17, 15) is 5.11 Å². The summed E-state index contributed by atoms with van der Waals surface area (Å²) in [5.41, 5.74) is 4.30. The smallest absolute Gasteiger partial charge is 0.120 e. The van der Waals surface area contributed by atoms with E-state index in [-0.39, 0.29) is 11.7 Å². The van der Waals surface area contributed by atoms with E-state index < -0.39 is 0 Å². The van der Waals surface area contributed by atoms with Crippen LogP contribution in [0.2, 0.25) is 0 Å². The summed E-state index contributed by atoms with van der Waals surface area (Å²) in [6.07, 6.45) is 9.18. The van der Waals surface area contributed by atoms with Crippen molar-refractivity contribution in [1.82, 2.24) is 10.6 Å². The Labute approximate surface area is 183 Å². The zero-order chi connectivity index (χ0) is 20.9. The van der Waals surface area contributed by atoms with Gasteiger partial charge in [-0.05, 0) is 61.6 Å². The second kappa shape index (κ2) is 9.82. The highest BCUT2D eigenvalue weighted by atomic mass is 79.9. The second-order valence-corrected chi connectivity index (χ2v) is 9.14. The Balaban J connectivity index is 1.93. The van der Waals surface area contributed by atoms with Crippen molar-refractivity contribution in [2.75, 3.05) is 0 Å². The van der Waals surface area contributed by atoms with E-state index in [1.807, 2.05) is 12.1 Å². The van der Waals surface area contributed by atoms with Gasteiger partial charge in [0.25, 0.3) is 0 Å². The molecule has 0 aliphatic carbocycles. The van der Waals surface area contributed by atoms with Crippen molar-refractivity contribution in [3.05, 3.63) is 69.7 Å². The number of hydrogen-bond acceptors (Lipinski definition) is 3. The number of rotatable bonds is 8. The summed E-state index contributed by atoms with van der Waals surface area (Å²) in [6, 6.07) is 14.4. The molecule has 29 heavy (non-hydrogen) atoms. The average Bonchev–Trinajstić information content (AvgIpc) is 2.72. The normalized spacial score (nSPS) is 21.5. The van der Waals surface area contributed by atoms with E-state index >= 15 is 0 Å². The molecule has 3 nitrogen and oxygen atoms in total. The van der Waals surface area contributed by atoms with Gasteiger partial charge < -0.3 is 10.4 Å². The Bertz CT molecular complexity index is 846. The molecule has 0 radical (unpaired) electrons. The molecular formula is C25H33BrN2O. The lowest BCUT2D eigenvalue weighted by molar-refractivity contribution is 0.258. The summed E-state index contributed by atoms with van der Waals surface area (Å²) < 4.78 is 0.970. The van der Waals surface area contributed by atoms with Gasteiger partial charge in [-0.3, -0.25) is 5.32 Å². The maximum absolute atomic E-state index is 10.5. The van der Waals surface area contributed by atoms with Crippen molar-refractivity contribution < 1.29 is 5.11 Å². The van der Waals surface area contributed by atoms with Gasteiger partial charge in [-0.1, -0.05) is 73.3 Å². The first-order chi connectivity index (χ1) is 13.9. The molecule has 0 aromatic heterocycles. The third-order valence-electron chi connectivity index (χ3n) is 5.75. The third kappa shape index (κ3) is 5.64. The number of aromatic hydroxyl groups is 1. The first kappa shape index (κ1) is 21.9. The molecule has 0 spiro atoms. The van der Waals surface area contributed by atoms with Crippen molar-refractivity contribution in [3.8, 4) is 5.75 Å². The minimum atomic E-state index is -0.235. The molecular weight excluding hydrogens is 424 g/mol. The second-order valence-electron chi connectivity index (χ2n) is 8.22. The Hall–Kier alpha value is -1.78. The van der Waals surface area contributed by atoms with Crippen LogP contribution in [0.4, 0.5) is 0 Å². The first-order valence-corrected chi connectivity index (χ1v) is 11.6. The van der Waals surface area contributed by atoms with Crippen LogP contribution in [0.15, 0.2) is 53.0 Å². The van der Waals surface area contributed by atoms with Crippen LogP contribution in [-0.2, 0) is 6.42 Å². The minimum absolute atomic E-state index is 0.0641. The molecule has 1 heterocycles. The predicted octanol–water partition coefficient (Wildman–Crippen LogP) is 6.68. The maximum atomic E-state index is 10.5. The highest BCUT2D eigenvalue weighted by molar-refractivity contribution is 9.10. The van der Waals surface area contributed by atoms with E-state index in [1.54, 1.807) is 6.07 Å². The van der Waals surface area contributed by atoms with Gasteiger partial charge in [-0.2, -0.15) is 0 Å². The highest BCUT2D eigenvalue weighted by Gasteiger charge is 2.33. The fourth-order valence-electron chi connectivity index (χ4n) is 4.00. The van der Waals surface area contributed by atoms with E-state index in [4.69, 9.17) is 0 Å². The number of phenolic OH excluding ortho intramolecular Hbond substituents is 1. The molecule has 1 aliphatic rings. The lowest BCUT2D eigenvalue weighted by Crippen LogP contribution is -2.57. The number of aryl methyl sites for hydroxylation is 1. The molecule has 2 atom stereocenters. The van der Waals surface area contributed by atoms with Gasteiger partial charge in [0.2, 0.25) is 0 Å². The monoisotopic (exact) mass is 456 g/mol. The lowest BCUT2D eigenvalue weighted by Gasteiger charge is -2.41. The number of nitrogens with one attached hydrogen (secondary N) is 2. The van der Waals surface area contributed by atoms with E-state index in [0.29, 0.717) is 5.75 Å². The molecule has 2 aromatic carbocycles. The van der Waals surface area contributed by atoms with Gasteiger partial charge >= 0.3 is 0 Å². The Morgan fingerprint density at radius 2 is 1.79 bits per heavy atom. The lowest BCUT2D eigenvalue weighted by atomic mass is 9.92. The van der Waals surface area contributed by atoms with Gasteiger partial charge in [0.15, 0.2) is 0 Å². The summed E-state index contributed by atoms with van der Waals surface area (Å²) in [5, 5.41) is 18.0. The van der Waals surface area contributed by atoms with Crippen molar-refractivity contribution in [1.29, 1.82) is 0 Å². The Kier molecular flexibility index (Phi) is 7.42. The van der Waals surface area contributed by atoms with Crippen molar-refractivity contribution in [2.45, 2.75) is 71.0 Å². The summed E-state index contributed by atoms with van der Waals surface area (Å²) >= 11 is 3.55. The van der Waals surface area contributed by atoms with Crippen molar-refractivity contribution in [3.63, 3.8) is 0 Å². The summed E-state index contributed by atoms with van der Waals surface area (Å²) in [5.74, 6) is 0.317. The molecule has 2 unspecified atom stereocenters. The standard InChI is InChI=1S/C25H33BrN2O/c1-4-6-7-8-15-25(3)27-22(19-11-9-18(5-2)10-12-19)17-23(28-25)21-16-20(26)13-14-24(21)29/h9-14,16-17,23,27-29H,4-8,15H2,1-3H3. The topological polar surface area (TPSA) is 44.3 Å². The molecule has 156 valence electrons. The molecule has 0 amide bonds. The third-order valence-corrected chi connectivity index (χ3v) is 6.24. The van der Waals surface area contributed by atoms with Crippen molar-refractivity contribution >= 4 is 21.6 Å². The molecule has 0 fully saturated rings. The predicted molar refractivity (Wildman–Crippen MR) is 126 cm³/mol. The molecule has 0 saturated carbocycles. The zero-order valence-corrected chi connectivity index (χ0v) is 19.3. The van der Waals surface area contributed by atoms with Gasteiger partial charge in [0.1, 0.15) is 5.75 Å². The minimum Gasteiger partial charge on any atom is -0.508 e. The SMILES string of the molecule is CCCCCCC1(C)NC(c2ccc(CC)cc2)=CC(c2cc(Br)ccc2O)N1. The number of benzene rings is 2. The van der Waals surface area contributed by atoms with Gasteiger partial charge in [-0.25, -0.2) is 0 Å². The first-order valence-electron chi connectivity index (χ1n) is 10.8. The summed E-state index contributed by atoms with van der Waals surface area (Å²) in [4.78, 5) is 0. The van der Waals surface area contributed by atoms with Gasteiger partial charge in [-0.15, -0.1) is 0 Å². The van der Waals surface area contributed by atoms with Crippen LogP contribution < -0.4 is 10.6 Å². The zero-order valence-electron chi connectivity index (χ0n) is 17.8. The summed E-state index contributed by atoms with van der Waals surface area (Å²) in [7, 11) is 0. The van der Waals surface area contributed by atoms with Crippen LogP contribution in [-0.4, -0.2) is 10.8 Å². The highest BCUT2D eigenvalue weighted by Crippen LogP contribution is 2.35. The summed E-state index contributed by atoms with van der Waals surface area (Å²) in [6.45, 7) is 6.65. The van der Waals surface area contributed by atoms with Crippen LogP contribution in [0.5, 0.6) is 5.75 Å². The molecule has 3 rings (SSSR count). The van der Waals surface area contributed by atoms with Crippen molar-refractivity contribution in [2.24, 2.45) is 0 Å². The van der Waals surface area contributed by atoms with E-state index in [1.165, 1.54) is 36.8 Å². The molecule has 4 heteroatoms. The Morgan fingerprint density at radius 1 is 1.03 bits per heavy atom. The number of halogens is 1. The van der Waals surface area contributed by atoms with Crippen LogP contribution in [0.3, 0.4) is 0 Å². The van der Waals surface area contributed by atoms with E-state index in [0.717, 1.165) is 28.6 Å². The molecule has 3 N–H and O–H groups in total. The average molecular weight is 457 g/mol. The fourth-order valence-corrected chi connectivity index (χ4v) is 4.38. The van der Waals surface area contributed by atoms with E-state index in [2.05, 4.69) is 77.7 Å². The molecule has 1 aliphatic heterocycles. The number of unbranched alkanes of at least 4 members (excludes halogenated alkanes) is 3. The van der Waals surface area contributed by atoms with Crippen LogP contribution in [0.1, 0.15) is 75.6 Å². The number of phenols is 1. The van der Waals surface area contributed by atoms with Crippen LogP contribution in [0, 0.1) is 0 Å². The largest absolute Gasteiger partial charge is 0.508 e. The molecule has 0 saturated heterocycles. The van der Waals surface area contributed by atoms with Crippen LogP contribution in [0.25, 0.3) is 5.70 Å². The van der Waals surface area contributed by atoms with Gasteiger partial charge in [0, 0.05) is 15.7 Å². The van der Waals surface area contributed by atoms with Crippen LogP contribution >= 0.6 is 15.9 Å². The fraction of sp³-hybridized carbons (Fsp3) is 0.440.